The molecule has 7 nitrogen and oxygen atoms in total. The van der Waals surface area contributed by atoms with Crippen molar-refractivity contribution >= 4 is 22.4 Å². The van der Waals surface area contributed by atoms with Crippen LogP contribution in [-0.4, -0.2) is 60.4 Å². The van der Waals surface area contributed by atoms with Crippen molar-refractivity contribution in [2.75, 3.05) is 38.7 Å². The molecule has 1 fully saturated rings. The predicted molar refractivity (Wildman–Crippen MR) is 77.8 cm³/mol. The highest BCUT2D eigenvalue weighted by atomic mass is 32.1. The molecule has 112 valence electrons. The Balaban J connectivity index is 1.97. The molecule has 8 heteroatoms. The molecule has 0 saturated carbocycles. The minimum atomic E-state index is -0.239. The summed E-state index contributed by atoms with van der Waals surface area (Å²) in [5.74, 6) is 0.0323. The van der Waals surface area contributed by atoms with Crippen LogP contribution in [0.4, 0.5) is 5.13 Å². The lowest BCUT2D eigenvalue weighted by atomic mass is 10.2. The van der Waals surface area contributed by atoms with Crippen molar-refractivity contribution in [2.45, 2.75) is 25.9 Å². The molecule has 2 heterocycles. The van der Waals surface area contributed by atoms with Gasteiger partial charge in [-0.05, 0) is 6.42 Å². The number of ether oxygens (including phenoxy) is 1. The molecule has 0 spiro atoms. The fourth-order valence-electron chi connectivity index (χ4n) is 2.03. The SMILES string of the molecule is CCCNC(=O)C1COCCN1Cc1nnc(NC)s1. The maximum absolute atomic E-state index is 12.1. The van der Waals surface area contributed by atoms with E-state index in [0.29, 0.717) is 26.3 Å². The van der Waals surface area contributed by atoms with E-state index in [0.717, 1.165) is 23.1 Å². The van der Waals surface area contributed by atoms with Gasteiger partial charge < -0.3 is 15.4 Å². The van der Waals surface area contributed by atoms with E-state index in [1.807, 2.05) is 14.0 Å². The normalized spacial score (nSPS) is 19.8. The van der Waals surface area contributed by atoms with Crippen molar-refractivity contribution in [3.63, 3.8) is 0 Å². The lowest BCUT2D eigenvalue weighted by Gasteiger charge is -2.33. The number of hydrogen-bond acceptors (Lipinski definition) is 7. The quantitative estimate of drug-likeness (QED) is 0.787. The molecule has 0 radical (unpaired) electrons. The number of anilines is 1. The van der Waals surface area contributed by atoms with Crippen molar-refractivity contribution in [1.29, 1.82) is 0 Å². The molecule has 0 aromatic carbocycles. The zero-order valence-corrected chi connectivity index (χ0v) is 12.7. The molecule has 0 aliphatic carbocycles. The standard InChI is InChI=1S/C12H21N5O2S/c1-3-4-14-11(18)9-8-19-6-5-17(9)7-10-15-16-12(13-2)20-10/h9H,3-8H2,1-2H3,(H,13,16)(H,14,18). The van der Waals surface area contributed by atoms with E-state index in [1.54, 1.807) is 0 Å². The number of carbonyl (C=O) groups excluding carboxylic acids is 1. The smallest absolute Gasteiger partial charge is 0.239 e. The molecule has 0 bridgehead atoms. The molecule has 1 aromatic rings. The van der Waals surface area contributed by atoms with Crippen LogP contribution in [0.25, 0.3) is 0 Å². The molecule has 1 atom stereocenters. The number of nitrogens with one attached hydrogen (secondary N) is 2. The summed E-state index contributed by atoms with van der Waals surface area (Å²) in [6.07, 6.45) is 0.932. The second-order valence-corrected chi connectivity index (χ2v) is 5.67. The van der Waals surface area contributed by atoms with Crippen molar-refractivity contribution in [3.8, 4) is 0 Å². The minimum absolute atomic E-state index is 0.0323. The third kappa shape index (κ3) is 3.87. The summed E-state index contributed by atoms with van der Waals surface area (Å²) in [4.78, 5) is 14.2. The van der Waals surface area contributed by atoms with Crippen LogP contribution in [0.5, 0.6) is 0 Å². The molecule has 1 aliphatic rings. The Morgan fingerprint density at radius 3 is 3.10 bits per heavy atom. The average Bonchev–Trinajstić information content (AvgIpc) is 2.93. The van der Waals surface area contributed by atoms with E-state index < -0.39 is 0 Å². The number of carbonyl (C=O) groups is 1. The minimum Gasteiger partial charge on any atom is -0.378 e. The molecule has 2 rings (SSSR count). The maximum atomic E-state index is 12.1. The second kappa shape index (κ2) is 7.51. The third-order valence-electron chi connectivity index (χ3n) is 3.11. The van der Waals surface area contributed by atoms with Crippen LogP contribution >= 0.6 is 11.3 Å². The largest absolute Gasteiger partial charge is 0.378 e. The first kappa shape index (κ1) is 15.1. The van der Waals surface area contributed by atoms with Gasteiger partial charge in [-0.25, -0.2) is 0 Å². The lowest BCUT2D eigenvalue weighted by Crippen LogP contribution is -2.53. The Morgan fingerprint density at radius 1 is 1.55 bits per heavy atom. The molecular formula is C12H21N5O2S. The molecule has 1 aromatic heterocycles. The van der Waals surface area contributed by atoms with Gasteiger partial charge in [-0.15, -0.1) is 10.2 Å². The monoisotopic (exact) mass is 299 g/mol. The van der Waals surface area contributed by atoms with E-state index in [2.05, 4.69) is 25.7 Å². The fraction of sp³-hybridized carbons (Fsp3) is 0.750. The first-order valence-corrected chi connectivity index (χ1v) is 7.66. The van der Waals surface area contributed by atoms with Gasteiger partial charge in [0.05, 0.1) is 19.8 Å². The summed E-state index contributed by atoms with van der Waals surface area (Å²) in [5, 5.41) is 15.7. The second-order valence-electron chi connectivity index (χ2n) is 4.60. The first-order valence-electron chi connectivity index (χ1n) is 6.84. The first-order chi connectivity index (χ1) is 9.74. The molecule has 1 unspecified atom stereocenters. The highest BCUT2D eigenvalue weighted by Crippen LogP contribution is 2.18. The summed E-state index contributed by atoms with van der Waals surface area (Å²) >= 11 is 1.51. The number of nitrogens with zero attached hydrogens (tertiary/aromatic N) is 3. The molecule has 2 N–H and O–H groups in total. The van der Waals surface area contributed by atoms with Crippen molar-refractivity contribution in [2.24, 2.45) is 0 Å². The van der Waals surface area contributed by atoms with Gasteiger partial charge in [0.1, 0.15) is 11.0 Å². The maximum Gasteiger partial charge on any atom is 0.239 e. The zero-order chi connectivity index (χ0) is 14.4. The van der Waals surface area contributed by atoms with Crippen LogP contribution in [0, 0.1) is 0 Å². The Hall–Kier alpha value is -1.25. The zero-order valence-electron chi connectivity index (χ0n) is 11.9. The highest BCUT2D eigenvalue weighted by Gasteiger charge is 2.29. The average molecular weight is 299 g/mol. The molecule has 1 saturated heterocycles. The molecule has 20 heavy (non-hydrogen) atoms. The summed E-state index contributed by atoms with van der Waals surface area (Å²) in [6, 6.07) is -0.239. The summed E-state index contributed by atoms with van der Waals surface area (Å²) in [5.41, 5.74) is 0. The van der Waals surface area contributed by atoms with E-state index in [-0.39, 0.29) is 11.9 Å². The Kier molecular flexibility index (Phi) is 5.69. The fourth-order valence-corrected chi connectivity index (χ4v) is 2.75. The Bertz CT molecular complexity index is 439. The van der Waals surface area contributed by atoms with Crippen LogP contribution < -0.4 is 10.6 Å². The lowest BCUT2D eigenvalue weighted by molar-refractivity contribution is -0.132. The van der Waals surface area contributed by atoms with Gasteiger partial charge in [-0.2, -0.15) is 0 Å². The predicted octanol–water partition coefficient (Wildman–Crippen LogP) is 0.307. The van der Waals surface area contributed by atoms with Crippen LogP contribution in [0.2, 0.25) is 0 Å². The van der Waals surface area contributed by atoms with Gasteiger partial charge in [0.2, 0.25) is 11.0 Å². The van der Waals surface area contributed by atoms with Gasteiger partial charge in [-0.1, -0.05) is 18.3 Å². The summed E-state index contributed by atoms with van der Waals surface area (Å²) in [7, 11) is 1.82. The summed E-state index contributed by atoms with van der Waals surface area (Å²) < 4.78 is 5.43. The number of rotatable bonds is 6. The van der Waals surface area contributed by atoms with Gasteiger partial charge in [0.25, 0.3) is 0 Å². The topological polar surface area (TPSA) is 79.4 Å². The van der Waals surface area contributed by atoms with E-state index in [4.69, 9.17) is 4.74 Å². The van der Waals surface area contributed by atoms with Gasteiger partial charge >= 0.3 is 0 Å². The highest BCUT2D eigenvalue weighted by molar-refractivity contribution is 7.15. The van der Waals surface area contributed by atoms with E-state index in [1.165, 1.54) is 11.3 Å². The van der Waals surface area contributed by atoms with Crippen molar-refractivity contribution in [3.05, 3.63) is 5.01 Å². The van der Waals surface area contributed by atoms with Crippen molar-refractivity contribution < 1.29 is 9.53 Å². The van der Waals surface area contributed by atoms with Crippen molar-refractivity contribution in [1.82, 2.24) is 20.4 Å². The number of aromatic nitrogens is 2. The van der Waals surface area contributed by atoms with Gasteiger partial charge in [0.15, 0.2) is 0 Å². The van der Waals surface area contributed by atoms with Gasteiger partial charge in [0, 0.05) is 20.1 Å². The summed E-state index contributed by atoms with van der Waals surface area (Å²) in [6.45, 7) is 5.19. The molecular weight excluding hydrogens is 278 g/mol. The Labute approximate surface area is 122 Å². The molecule has 1 amide bonds. The third-order valence-corrected chi connectivity index (χ3v) is 4.04. The number of amides is 1. The van der Waals surface area contributed by atoms with Crippen LogP contribution in [-0.2, 0) is 16.1 Å². The number of hydrogen-bond donors (Lipinski definition) is 2. The van der Waals surface area contributed by atoms with Crippen LogP contribution in [0.1, 0.15) is 18.4 Å². The van der Waals surface area contributed by atoms with Crippen LogP contribution in [0.15, 0.2) is 0 Å². The van der Waals surface area contributed by atoms with Crippen LogP contribution in [0.3, 0.4) is 0 Å². The Morgan fingerprint density at radius 2 is 2.40 bits per heavy atom. The molecule has 1 aliphatic heterocycles. The van der Waals surface area contributed by atoms with Gasteiger partial charge in [-0.3, -0.25) is 9.69 Å². The van der Waals surface area contributed by atoms with E-state index in [9.17, 15) is 4.79 Å². The number of morpholine rings is 1. The van der Waals surface area contributed by atoms with E-state index >= 15 is 0 Å².